The average Bonchev–Trinajstić information content (AvgIpc) is 2.69. The van der Waals surface area contributed by atoms with Crippen molar-refractivity contribution < 1.29 is 14.1 Å². The van der Waals surface area contributed by atoms with Crippen molar-refractivity contribution >= 4 is 22.9 Å². The minimum absolute atomic E-state index is 0.272. The van der Waals surface area contributed by atoms with E-state index in [9.17, 15) is 4.79 Å². The molecule has 19 heavy (non-hydrogen) atoms. The molecule has 0 radical (unpaired) electrons. The first kappa shape index (κ1) is 12.9. The maximum atomic E-state index is 11.6. The van der Waals surface area contributed by atoms with Crippen molar-refractivity contribution in [3.63, 3.8) is 0 Å². The summed E-state index contributed by atoms with van der Waals surface area (Å²) < 4.78 is 10.2. The number of nitrogens with one attached hydrogen (secondary N) is 1. The van der Waals surface area contributed by atoms with Crippen LogP contribution >= 0.6 is 0 Å². The van der Waals surface area contributed by atoms with Crippen LogP contribution in [0.3, 0.4) is 0 Å². The normalized spacial score (nSPS) is 11.1. The predicted octanol–water partition coefficient (Wildman–Crippen LogP) is 3.05. The monoisotopic (exact) mass is 259 g/mol. The van der Waals surface area contributed by atoms with Crippen molar-refractivity contribution in [2.45, 2.75) is 26.4 Å². The van der Waals surface area contributed by atoms with Crippen LogP contribution in [0.5, 0.6) is 0 Å². The van der Waals surface area contributed by atoms with Crippen LogP contribution in [0.4, 0.5) is 10.6 Å². The van der Waals surface area contributed by atoms with E-state index < -0.39 is 11.7 Å². The second kappa shape index (κ2) is 4.61. The Bertz CT molecular complexity index is 662. The van der Waals surface area contributed by atoms with E-state index >= 15 is 0 Å². The van der Waals surface area contributed by atoms with E-state index in [0.717, 1.165) is 0 Å². The van der Waals surface area contributed by atoms with Gasteiger partial charge in [-0.25, -0.2) is 4.79 Å². The molecule has 2 rings (SSSR count). The molecule has 0 bridgehead atoms. The van der Waals surface area contributed by atoms with E-state index in [1.54, 1.807) is 39.0 Å². The molecule has 0 aliphatic rings. The Hall–Kier alpha value is -2.55. The van der Waals surface area contributed by atoms with Crippen LogP contribution in [0, 0.1) is 11.3 Å². The molecule has 0 saturated heterocycles. The number of amides is 1. The van der Waals surface area contributed by atoms with Gasteiger partial charge in [-0.2, -0.15) is 5.26 Å². The molecule has 1 N–H and O–H groups in total. The number of carbonyl (C=O) groups is 1. The molecule has 6 nitrogen and oxygen atoms in total. The highest BCUT2D eigenvalue weighted by atomic mass is 16.6. The number of hydrogen-bond acceptors (Lipinski definition) is 5. The number of hydrogen-bond donors (Lipinski definition) is 1. The zero-order valence-corrected chi connectivity index (χ0v) is 10.9. The summed E-state index contributed by atoms with van der Waals surface area (Å²) in [6.07, 6.45) is -0.605. The lowest BCUT2D eigenvalue weighted by Crippen LogP contribution is -2.27. The SMILES string of the molecule is CC(C)(C)OC(=O)Nc1noc2cc(C#N)ccc12. The maximum absolute atomic E-state index is 11.6. The van der Waals surface area contributed by atoms with Crippen molar-refractivity contribution in [1.29, 1.82) is 5.26 Å². The van der Waals surface area contributed by atoms with Crippen LogP contribution < -0.4 is 5.32 Å². The topological polar surface area (TPSA) is 88.2 Å². The van der Waals surface area contributed by atoms with E-state index in [1.807, 2.05) is 6.07 Å². The lowest BCUT2D eigenvalue weighted by atomic mass is 10.2. The number of carbonyl (C=O) groups excluding carboxylic acids is 1. The molecule has 0 spiro atoms. The fourth-order valence-corrected chi connectivity index (χ4v) is 1.50. The molecular formula is C13H13N3O3. The van der Waals surface area contributed by atoms with Crippen LogP contribution in [-0.4, -0.2) is 16.9 Å². The largest absolute Gasteiger partial charge is 0.444 e. The molecule has 0 atom stereocenters. The summed E-state index contributed by atoms with van der Waals surface area (Å²) in [5, 5.41) is 15.6. The molecule has 0 aliphatic heterocycles. The second-order valence-electron chi connectivity index (χ2n) is 4.98. The lowest BCUT2D eigenvalue weighted by molar-refractivity contribution is 0.0635. The first-order valence-electron chi connectivity index (χ1n) is 5.68. The van der Waals surface area contributed by atoms with Crippen LogP contribution in [-0.2, 0) is 4.74 Å². The van der Waals surface area contributed by atoms with Crippen LogP contribution in [0.15, 0.2) is 22.7 Å². The summed E-state index contributed by atoms with van der Waals surface area (Å²) in [6.45, 7) is 5.31. The van der Waals surface area contributed by atoms with Gasteiger partial charge < -0.3 is 9.26 Å². The zero-order chi connectivity index (χ0) is 14.0. The summed E-state index contributed by atoms with van der Waals surface area (Å²) in [6, 6.07) is 6.85. The highest BCUT2D eigenvalue weighted by Crippen LogP contribution is 2.24. The Morgan fingerprint density at radius 3 is 2.84 bits per heavy atom. The molecule has 1 aromatic carbocycles. The van der Waals surface area contributed by atoms with E-state index in [1.165, 1.54) is 0 Å². The third-order valence-electron chi connectivity index (χ3n) is 2.22. The summed E-state index contributed by atoms with van der Waals surface area (Å²) >= 11 is 0. The summed E-state index contributed by atoms with van der Waals surface area (Å²) in [7, 11) is 0. The minimum atomic E-state index is -0.605. The summed E-state index contributed by atoms with van der Waals surface area (Å²) in [5.74, 6) is 0.272. The van der Waals surface area contributed by atoms with Gasteiger partial charge in [-0.05, 0) is 32.9 Å². The number of benzene rings is 1. The van der Waals surface area contributed by atoms with E-state index in [4.69, 9.17) is 14.5 Å². The Balaban J connectivity index is 2.23. The zero-order valence-electron chi connectivity index (χ0n) is 10.9. The summed E-state index contributed by atoms with van der Waals surface area (Å²) in [5.41, 5.74) is 0.315. The molecule has 98 valence electrons. The molecule has 0 fully saturated rings. The van der Waals surface area contributed by atoms with Crippen molar-refractivity contribution in [2.24, 2.45) is 0 Å². The first-order chi connectivity index (χ1) is 8.89. The van der Waals surface area contributed by atoms with Gasteiger partial charge in [0.25, 0.3) is 0 Å². The van der Waals surface area contributed by atoms with E-state index in [0.29, 0.717) is 16.5 Å². The molecule has 2 aromatic rings. The van der Waals surface area contributed by atoms with Gasteiger partial charge >= 0.3 is 6.09 Å². The second-order valence-corrected chi connectivity index (χ2v) is 4.98. The average molecular weight is 259 g/mol. The smallest absolute Gasteiger partial charge is 0.413 e. The van der Waals surface area contributed by atoms with E-state index in [-0.39, 0.29) is 5.82 Å². The number of nitriles is 1. The van der Waals surface area contributed by atoms with Gasteiger partial charge in [-0.1, -0.05) is 5.16 Å². The quantitative estimate of drug-likeness (QED) is 0.850. The third kappa shape index (κ3) is 3.01. The Labute approximate surface area is 109 Å². The lowest BCUT2D eigenvalue weighted by Gasteiger charge is -2.18. The summed E-state index contributed by atoms with van der Waals surface area (Å²) in [4.78, 5) is 11.6. The number of aromatic nitrogens is 1. The number of nitrogens with zero attached hydrogens (tertiary/aromatic N) is 2. The van der Waals surface area contributed by atoms with Crippen molar-refractivity contribution in [1.82, 2.24) is 5.16 Å². The molecule has 0 saturated carbocycles. The van der Waals surface area contributed by atoms with Gasteiger partial charge in [0.15, 0.2) is 11.4 Å². The van der Waals surface area contributed by atoms with Gasteiger partial charge in [0, 0.05) is 6.07 Å². The van der Waals surface area contributed by atoms with Crippen LogP contribution in [0.25, 0.3) is 11.0 Å². The van der Waals surface area contributed by atoms with Crippen molar-refractivity contribution in [3.05, 3.63) is 23.8 Å². The van der Waals surface area contributed by atoms with Crippen LogP contribution in [0.1, 0.15) is 26.3 Å². The molecule has 1 heterocycles. The molecule has 6 heteroatoms. The maximum Gasteiger partial charge on any atom is 0.413 e. The van der Waals surface area contributed by atoms with E-state index in [2.05, 4.69) is 10.5 Å². The van der Waals surface area contributed by atoms with Crippen LogP contribution in [0.2, 0.25) is 0 Å². The van der Waals surface area contributed by atoms with Crippen molar-refractivity contribution in [3.8, 4) is 6.07 Å². The molecule has 1 amide bonds. The number of anilines is 1. The van der Waals surface area contributed by atoms with Gasteiger partial charge in [-0.15, -0.1) is 0 Å². The molecular weight excluding hydrogens is 246 g/mol. The Morgan fingerprint density at radius 2 is 2.21 bits per heavy atom. The fourth-order valence-electron chi connectivity index (χ4n) is 1.50. The van der Waals surface area contributed by atoms with Crippen molar-refractivity contribution in [2.75, 3.05) is 5.32 Å². The van der Waals surface area contributed by atoms with Gasteiger partial charge in [0.2, 0.25) is 0 Å². The number of rotatable bonds is 1. The van der Waals surface area contributed by atoms with Gasteiger partial charge in [-0.3, -0.25) is 5.32 Å². The first-order valence-corrected chi connectivity index (χ1v) is 5.68. The highest BCUT2D eigenvalue weighted by molar-refractivity contribution is 5.96. The third-order valence-corrected chi connectivity index (χ3v) is 2.22. The Morgan fingerprint density at radius 1 is 1.47 bits per heavy atom. The molecule has 0 aliphatic carbocycles. The fraction of sp³-hybridized carbons (Fsp3) is 0.308. The minimum Gasteiger partial charge on any atom is -0.444 e. The standard InChI is InChI=1S/C13H13N3O3/c1-13(2,3)18-12(17)15-11-9-5-4-8(7-14)6-10(9)19-16-11/h4-6H,1-3H3,(H,15,16,17). The highest BCUT2D eigenvalue weighted by Gasteiger charge is 2.18. The Kier molecular flexibility index (Phi) is 3.13. The van der Waals surface area contributed by atoms with Gasteiger partial charge in [0.1, 0.15) is 5.60 Å². The molecule has 1 aromatic heterocycles. The number of fused-ring (bicyclic) bond motifs is 1. The molecule has 0 unspecified atom stereocenters. The number of ether oxygens (including phenoxy) is 1. The predicted molar refractivity (Wildman–Crippen MR) is 68.6 cm³/mol. The van der Waals surface area contributed by atoms with Gasteiger partial charge in [0.05, 0.1) is 17.0 Å².